The number of hydrogen-bond acceptors (Lipinski definition) is 8. The Morgan fingerprint density at radius 1 is 0.875 bits per heavy atom. The van der Waals surface area contributed by atoms with Gasteiger partial charge in [-0.2, -0.15) is 0 Å². The number of carbonyl (C=O) groups is 4. The molecule has 2 heterocycles. The summed E-state index contributed by atoms with van der Waals surface area (Å²) in [5, 5.41) is 18.4. The van der Waals surface area contributed by atoms with Crippen molar-refractivity contribution in [2.24, 2.45) is 0 Å². The second kappa shape index (κ2) is 9.33. The van der Waals surface area contributed by atoms with E-state index in [0.29, 0.717) is 22.1 Å². The Kier molecular flexibility index (Phi) is 6.57. The Hall–Kier alpha value is -4.15. The van der Waals surface area contributed by atoms with Crippen LogP contribution in [0.25, 0.3) is 21.9 Å². The number of rotatable bonds is 8. The largest absolute Gasteiger partial charge is 0.548 e. The second-order valence-corrected chi connectivity index (χ2v) is 7.14. The van der Waals surface area contributed by atoms with Crippen LogP contribution in [-0.2, 0) is 25.6 Å². The molecule has 3 rings (SSSR count). The highest BCUT2D eigenvalue weighted by molar-refractivity contribution is 5.97. The molecule has 0 unspecified atom stereocenters. The van der Waals surface area contributed by atoms with Gasteiger partial charge in [-0.15, -0.1) is 0 Å². The lowest BCUT2D eigenvalue weighted by Crippen LogP contribution is -2.45. The first-order valence-electron chi connectivity index (χ1n) is 9.59. The summed E-state index contributed by atoms with van der Waals surface area (Å²) in [5.41, 5.74) is 1.94. The number of carboxylic acids is 1. The molecule has 3 amide bonds. The van der Waals surface area contributed by atoms with Gasteiger partial charge in [-0.1, -0.05) is 0 Å². The maximum absolute atomic E-state index is 12.4. The molecule has 2 aromatic heterocycles. The van der Waals surface area contributed by atoms with Crippen molar-refractivity contribution in [3.8, 4) is 0 Å². The van der Waals surface area contributed by atoms with Gasteiger partial charge in [-0.3, -0.25) is 14.4 Å². The Morgan fingerprint density at radius 2 is 1.50 bits per heavy atom. The molecular weight excluding hydrogens is 422 g/mol. The van der Waals surface area contributed by atoms with Crippen molar-refractivity contribution in [1.29, 1.82) is 0 Å². The SMILES string of the molecule is Cc1coc2cc3oc(=O)c(CC(=O)NCC(=O)NCC(=O)NCC(=O)[O-])c(C)c3cc12. The second-order valence-electron chi connectivity index (χ2n) is 7.14. The zero-order valence-electron chi connectivity index (χ0n) is 17.3. The van der Waals surface area contributed by atoms with Crippen molar-refractivity contribution < 1.29 is 33.1 Å². The molecule has 11 nitrogen and oxygen atoms in total. The summed E-state index contributed by atoms with van der Waals surface area (Å²) in [6, 6.07) is 3.46. The smallest absolute Gasteiger partial charge is 0.340 e. The summed E-state index contributed by atoms with van der Waals surface area (Å²) in [5.74, 6) is -3.44. The lowest BCUT2D eigenvalue weighted by atomic mass is 10.0. The van der Waals surface area contributed by atoms with Crippen LogP contribution in [0.2, 0.25) is 0 Å². The average molecular weight is 442 g/mol. The van der Waals surface area contributed by atoms with Crippen LogP contribution >= 0.6 is 0 Å². The Balaban J connectivity index is 1.62. The highest BCUT2D eigenvalue weighted by Gasteiger charge is 2.17. The summed E-state index contributed by atoms with van der Waals surface area (Å²) < 4.78 is 10.8. The number of aliphatic carboxylic acids is 1. The van der Waals surface area contributed by atoms with Crippen molar-refractivity contribution in [2.75, 3.05) is 19.6 Å². The van der Waals surface area contributed by atoms with Gasteiger partial charge in [0.05, 0.1) is 43.9 Å². The van der Waals surface area contributed by atoms with Crippen LogP contribution in [0.3, 0.4) is 0 Å². The third kappa shape index (κ3) is 5.12. The van der Waals surface area contributed by atoms with Crippen LogP contribution in [0, 0.1) is 13.8 Å². The van der Waals surface area contributed by atoms with E-state index >= 15 is 0 Å². The van der Waals surface area contributed by atoms with Crippen molar-refractivity contribution in [3.63, 3.8) is 0 Å². The van der Waals surface area contributed by atoms with Gasteiger partial charge in [0.1, 0.15) is 11.2 Å². The fourth-order valence-electron chi connectivity index (χ4n) is 3.12. The number of amides is 3. The van der Waals surface area contributed by atoms with E-state index in [4.69, 9.17) is 8.83 Å². The summed E-state index contributed by atoms with van der Waals surface area (Å²) >= 11 is 0. The highest BCUT2D eigenvalue weighted by Crippen LogP contribution is 2.28. The van der Waals surface area contributed by atoms with Gasteiger partial charge in [0.2, 0.25) is 17.7 Å². The van der Waals surface area contributed by atoms with E-state index in [2.05, 4.69) is 10.6 Å². The molecule has 0 radical (unpaired) electrons. The van der Waals surface area contributed by atoms with Gasteiger partial charge >= 0.3 is 5.63 Å². The first-order chi connectivity index (χ1) is 15.2. The highest BCUT2D eigenvalue weighted by atomic mass is 16.4. The average Bonchev–Trinajstić information content (AvgIpc) is 3.10. The number of carbonyl (C=O) groups excluding carboxylic acids is 4. The van der Waals surface area contributed by atoms with E-state index < -0.39 is 49.0 Å². The molecule has 0 fully saturated rings. The van der Waals surface area contributed by atoms with Crippen molar-refractivity contribution >= 4 is 45.6 Å². The van der Waals surface area contributed by atoms with Gasteiger partial charge in [0, 0.05) is 16.8 Å². The molecule has 0 aliphatic heterocycles. The van der Waals surface area contributed by atoms with Gasteiger partial charge in [-0.25, -0.2) is 4.79 Å². The number of aryl methyl sites for hydroxylation is 2. The van der Waals surface area contributed by atoms with E-state index in [9.17, 15) is 29.1 Å². The third-order valence-corrected chi connectivity index (χ3v) is 4.83. The molecule has 0 saturated heterocycles. The van der Waals surface area contributed by atoms with E-state index in [1.807, 2.05) is 18.3 Å². The first kappa shape index (κ1) is 22.5. The summed E-state index contributed by atoms with van der Waals surface area (Å²) in [4.78, 5) is 58.0. The Bertz CT molecular complexity index is 1290. The van der Waals surface area contributed by atoms with Crippen LogP contribution in [0.1, 0.15) is 16.7 Å². The number of nitrogens with one attached hydrogen (secondary N) is 3. The van der Waals surface area contributed by atoms with Gasteiger partial charge in [-0.05, 0) is 31.0 Å². The molecule has 0 bridgehead atoms. The molecular formula is C21H20N3O8-. The molecule has 0 saturated carbocycles. The van der Waals surface area contributed by atoms with Crippen LogP contribution < -0.4 is 26.7 Å². The van der Waals surface area contributed by atoms with Crippen LogP contribution in [0.5, 0.6) is 0 Å². The predicted molar refractivity (Wildman–Crippen MR) is 109 cm³/mol. The van der Waals surface area contributed by atoms with Gasteiger partial charge in [0.25, 0.3) is 0 Å². The maximum atomic E-state index is 12.4. The number of fused-ring (bicyclic) bond motifs is 2. The minimum atomic E-state index is -1.46. The normalized spacial score (nSPS) is 10.8. The zero-order chi connectivity index (χ0) is 23.4. The fraction of sp³-hybridized carbons (Fsp3) is 0.286. The summed E-state index contributed by atoms with van der Waals surface area (Å²) in [7, 11) is 0. The molecule has 3 N–H and O–H groups in total. The topological polar surface area (TPSA) is 171 Å². The third-order valence-electron chi connectivity index (χ3n) is 4.83. The number of furan rings is 1. The van der Waals surface area contributed by atoms with Crippen LogP contribution in [0.15, 0.2) is 32.0 Å². The molecule has 3 aromatic rings. The van der Waals surface area contributed by atoms with Crippen molar-refractivity contribution in [3.05, 3.63) is 45.5 Å². The summed E-state index contributed by atoms with van der Waals surface area (Å²) in [6.45, 7) is 2.03. The molecule has 0 spiro atoms. The number of carboxylic acid groups (broad SMARTS) is 1. The molecule has 11 heteroatoms. The lowest BCUT2D eigenvalue weighted by molar-refractivity contribution is -0.304. The molecule has 0 aliphatic rings. The van der Waals surface area contributed by atoms with E-state index in [1.54, 1.807) is 19.3 Å². The Morgan fingerprint density at radius 3 is 2.16 bits per heavy atom. The van der Waals surface area contributed by atoms with Crippen LogP contribution in [-0.4, -0.2) is 43.3 Å². The van der Waals surface area contributed by atoms with E-state index in [1.165, 1.54) is 0 Å². The standard InChI is InChI=1S/C21H21N3O8/c1-10-9-31-15-5-16-13(3-12(10)15)11(2)14(21(30)32-16)4-17(25)22-6-18(26)23-7-19(27)24-8-20(28)29/h3,5,9H,4,6-8H2,1-2H3,(H,22,25)(H,23,26)(H,24,27)(H,28,29)/p-1. The lowest BCUT2D eigenvalue weighted by Gasteiger charge is -2.10. The maximum Gasteiger partial charge on any atom is 0.340 e. The minimum Gasteiger partial charge on any atom is -0.548 e. The van der Waals surface area contributed by atoms with E-state index in [-0.39, 0.29) is 12.0 Å². The monoisotopic (exact) mass is 442 g/mol. The molecule has 0 aliphatic carbocycles. The zero-order valence-corrected chi connectivity index (χ0v) is 17.3. The van der Waals surface area contributed by atoms with Crippen molar-refractivity contribution in [2.45, 2.75) is 20.3 Å². The predicted octanol–water partition coefficient (Wildman–Crippen LogP) is -1.20. The molecule has 168 valence electrons. The number of hydrogen-bond donors (Lipinski definition) is 3. The minimum absolute atomic E-state index is 0.164. The van der Waals surface area contributed by atoms with Gasteiger partial charge in [0.15, 0.2) is 0 Å². The Labute approximate surface area is 180 Å². The molecule has 1 aromatic carbocycles. The van der Waals surface area contributed by atoms with Crippen LogP contribution in [0.4, 0.5) is 0 Å². The molecule has 32 heavy (non-hydrogen) atoms. The summed E-state index contributed by atoms with van der Waals surface area (Å²) in [6.07, 6.45) is 1.30. The van der Waals surface area contributed by atoms with Crippen molar-refractivity contribution in [1.82, 2.24) is 16.0 Å². The van der Waals surface area contributed by atoms with Gasteiger partial charge < -0.3 is 34.7 Å². The molecule has 0 atom stereocenters. The quantitative estimate of drug-likeness (QED) is 0.365. The first-order valence-corrected chi connectivity index (χ1v) is 9.59. The number of benzene rings is 1. The fourth-order valence-corrected chi connectivity index (χ4v) is 3.12. The van der Waals surface area contributed by atoms with E-state index in [0.717, 1.165) is 10.9 Å².